The van der Waals surface area contributed by atoms with Gasteiger partial charge in [0.2, 0.25) is 11.8 Å². The van der Waals surface area contributed by atoms with E-state index in [-0.39, 0.29) is 11.8 Å². The molecule has 0 bridgehead atoms. The van der Waals surface area contributed by atoms with Gasteiger partial charge in [-0.3, -0.25) is 15.0 Å². The number of amides is 2. The molecule has 0 fully saturated rings. The largest absolute Gasteiger partial charge is 0.356 e. The Morgan fingerprint density at radius 1 is 1.20 bits per heavy atom. The SMILES string of the molecule is CC(C)CCNC(=O)CCCC(=O)NN. The van der Waals surface area contributed by atoms with E-state index in [0.717, 1.165) is 6.42 Å². The minimum Gasteiger partial charge on any atom is -0.356 e. The minimum absolute atomic E-state index is 0.000437. The lowest BCUT2D eigenvalue weighted by Crippen LogP contribution is -2.30. The van der Waals surface area contributed by atoms with Crippen LogP contribution in [0.2, 0.25) is 0 Å². The maximum absolute atomic E-state index is 11.2. The first-order valence-corrected chi connectivity index (χ1v) is 5.32. The quantitative estimate of drug-likeness (QED) is 0.324. The second kappa shape index (κ2) is 8.23. The van der Waals surface area contributed by atoms with Gasteiger partial charge in [-0.15, -0.1) is 0 Å². The number of nitrogens with one attached hydrogen (secondary N) is 2. The van der Waals surface area contributed by atoms with Crippen LogP contribution in [0.3, 0.4) is 0 Å². The molecule has 0 heterocycles. The summed E-state index contributed by atoms with van der Waals surface area (Å²) in [7, 11) is 0. The van der Waals surface area contributed by atoms with Crippen LogP contribution in [-0.4, -0.2) is 18.4 Å². The van der Waals surface area contributed by atoms with E-state index in [4.69, 9.17) is 5.84 Å². The lowest BCUT2D eigenvalue weighted by Gasteiger charge is -2.06. The molecule has 5 heteroatoms. The Kier molecular flexibility index (Phi) is 7.62. The molecule has 88 valence electrons. The summed E-state index contributed by atoms with van der Waals surface area (Å²) in [5.41, 5.74) is 2.03. The fourth-order valence-corrected chi connectivity index (χ4v) is 1.07. The van der Waals surface area contributed by atoms with E-state index in [1.54, 1.807) is 0 Å². The van der Waals surface area contributed by atoms with E-state index in [1.807, 2.05) is 5.43 Å². The highest BCUT2D eigenvalue weighted by Crippen LogP contribution is 1.98. The molecular weight excluding hydrogens is 194 g/mol. The van der Waals surface area contributed by atoms with E-state index in [0.29, 0.717) is 31.7 Å². The minimum atomic E-state index is -0.231. The zero-order valence-corrected chi connectivity index (χ0v) is 9.51. The first-order valence-electron chi connectivity index (χ1n) is 5.32. The molecule has 15 heavy (non-hydrogen) atoms. The van der Waals surface area contributed by atoms with Crippen molar-refractivity contribution in [1.82, 2.24) is 10.7 Å². The summed E-state index contributed by atoms with van der Waals surface area (Å²) in [5.74, 6) is 5.26. The fourth-order valence-electron chi connectivity index (χ4n) is 1.07. The highest BCUT2D eigenvalue weighted by atomic mass is 16.2. The Hall–Kier alpha value is -1.10. The molecule has 0 aliphatic carbocycles. The Morgan fingerprint density at radius 2 is 1.80 bits per heavy atom. The molecule has 0 atom stereocenters. The first kappa shape index (κ1) is 13.9. The van der Waals surface area contributed by atoms with Crippen molar-refractivity contribution in [2.24, 2.45) is 11.8 Å². The van der Waals surface area contributed by atoms with Gasteiger partial charge in [0.25, 0.3) is 0 Å². The molecule has 2 amide bonds. The Bertz CT molecular complexity index is 205. The lowest BCUT2D eigenvalue weighted by atomic mass is 10.1. The van der Waals surface area contributed by atoms with Gasteiger partial charge < -0.3 is 5.32 Å². The number of carbonyl (C=O) groups excluding carboxylic acids is 2. The molecule has 0 aliphatic rings. The van der Waals surface area contributed by atoms with Gasteiger partial charge in [-0.25, -0.2) is 5.84 Å². The van der Waals surface area contributed by atoms with Crippen molar-refractivity contribution >= 4 is 11.8 Å². The molecule has 0 saturated carbocycles. The molecule has 0 unspecified atom stereocenters. The summed E-state index contributed by atoms with van der Waals surface area (Å²) < 4.78 is 0. The van der Waals surface area contributed by atoms with Crippen LogP contribution in [0.25, 0.3) is 0 Å². The molecule has 4 N–H and O–H groups in total. The number of nitrogens with two attached hydrogens (primary N) is 1. The van der Waals surface area contributed by atoms with Gasteiger partial charge in [-0.05, 0) is 18.8 Å². The van der Waals surface area contributed by atoms with Crippen molar-refractivity contribution in [3.05, 3.63) is 0 Å². The molecule has 0 saturated heterocycles. The third-order valence-corrected chi connectivity index (χ3v) is 2.01. The Morgan fingerprint density at radius 3 is 2.33 bits per heavy atom. The van der Waals surface area contributed by atoms with E-state index in [2.05, 4.69) is 19.2 Å². The summed E-state index contributed by atoms with van der Waals surface area (Å²) in [5, 5.41) is 2.80. The number of hydrogen-bond acceptors (Lipinski definition) is 3. The summed E-state index contributed by atoms with van der Waals surface area (Å²) in [4.78, 5) is 21.9. The van der Waals surface area contributed by atoms with Crippen molar-refractivity contribution in [3.8, 4) is 0 Å². The fraction of sp³-hybridized carbons (Fsp3) is 0.800. The van der Waals surface area contributed by atoms with E-state index >= 15 is 0 Å². The van der Waals surface area contributed by atoms with E-state index in [9.17, 15) is 9.59 Å². The summed E-state index contributed by atoms with van der Waals surface area (Å²) in [6.45, 7) is 4.93. The van der Waals surface area contributed by atoms with Gasteiger partial charge in [-0.1, -0.05) is 13.8 Å². The first-order chi connectivity index (χ1) is 7.06. The zero-order valence-electron chi connectivity index (χ0n) is 9.51. The van der Waals surface area contributed by atoms with Crippen LogP contribution in [0.15, 0.2) is 0 Å². The topological polar surface area (TPSA) is 84.2 Å². The summed E-state index contributed by atoms with van der Waals surface area (Å²) >= 11 is 0. The third kappa shape index (κ3) is 9.21. The standard InChI is InChI=1S/C10H21N3O2/c1-8(2)6-7-12-9(14)4-3-5-10(15)13-11/h8H,3-7,11H2,1-2H3,(H,12,14)(H,13,15). The van der Waals surface area contributed by atoms with Crippen molar-refractivity contribution < 1.29 is 9.59 Å². The number of carbonyl (C=O) groups is 2. The monoisotopic (exact) mass is 215 g/mol. The van der Waals surface area contributed by atoms with Crippen LogP contribution < -0.4 is 16.6 Å². The Balaban J connectivity index is 3.37. The van der Waals surface area contributed by atoms with Gasteiger partial charge in [0.1, 0.15) is 0 Å². The molecule has 0 aliphatic heterocycles. The van der Waals surface area contributed by atoms with Crippen molar-refractivity contribution in [1.29, 1.82) is 0 Å². The van der Waals surface area contributed by atoms with Crippen LogP contribution in [0.4, 0.5) is 0 Å². The van der Waals surface area contributed by atoms with Crippen LogP contribution in [0.5, 0.6) is 0 Å². The van der Waals surface area contributed by atoms with Gasteiger partial charge in [0, 0.05) is 19.4 Å². The normalized spacial score (nSPS) is 10.1. The molecule has 0 radical (unpaired) electrons. The molecule has 0 aromatic carbocycles. The molecular formula is C10H21N3O2. The van der Waals surface area contributed by atoms with Crippen LogP contribution >= 0.6 is 0 Å². The van der Waals surface area contributed by atoms with Crippen molar-refractivity contribution in [2.45, 2.75) is 39.5 Å². The number of hydrogen-bond donors (Lipinski definition) is 3. The smallest absolute Gasteiger partial charge is 0.233 e. The summed E-state index contributed by atoms with van der Waals surface area (Å²) in [6.07, 6.45) is 2.20. The number of hydrazine groups is 1. The molecule has 5 nitrogen and oxygen atoms in total. The average molecular weight is 215 g/mol. The van der Waals surface area contributed by atoms with Crippen molar-refractivity contribution in [2.75, 3.05) is 6.54 Å². The second-order valence-electron chi connectivity index (χ2n) is 3.95. The maximum Gasteiger partial charge on any atom is 0.233 e. The average Bonchev–Trinajstić information content (AvgIpc) is 2.17. The maximum atomic E-state index is 11.2. The molecule has 0 rings (SSSR count). The highest BCUT2D eigenvalue weighted by molar-refractivity contribution is 5.78. The molecule has 0 spiro atoms. The van der Waals surface area contributed by atoms with E-state index < -0.39 is 0 Å². The molecule has 0 aromatic rings. The highest BCUT2D eigenvalue weighted by Gasteiger charge is 2.03. The second-order valence-corrected chi connectivity index (χ2v) is 3.95. The number of rotatable bonds is 7. The van der Waals surface area contributed by atoms with Crippen LogP contribution in [0.1, 0.15) is 39.5 Å². The van der Waals surface area contributed by atoms with Gasteiger partial charge in [0.05, 0.1) is 0 Å². The lowest BCUT2D eigenvalue weighted by molar-refractivity contribution is -0.122. The van der Waals surface area contributed by atoms with Crippen molar-refractivity contribution in [3.63, 3.8) is 0 Å². The predicted octanol–water partition coefficient (Wildman–Crippen LogP) is 0.309. The van der Waals surface area contributed by atoms with Gasteiger partial charge >= 0.3 is 0 Å². The molecule has 0 aromatic heterocycles. The third-order valence-electron chi connectivity index (χ3n) is 2.01. The summed E-state index contributed by atoms with van der Waals surface area (Å²) in [6, 6.07) is 0. The van der Waals surface area contributed by atoms with Crippen LogP contribution in [-0.2, 0) is 9.59 Å². The Labute approximate surface area is 90.8 Å². The van der Waals surface area contributed by atoms with Crippen LogP contribution in [0, 0.1) is 5.92 Å². The zero-order chi connectivity index (χ0) is 11.7. The van der Waals surface area contributed by atoms with Gasteiger partial charge in [0.15, 0.2) is 0 Å². The predicted molar refractivity (Wildman–Crippen MR) is 58.6 cm³/mol. The van der Waals surface area contributed by atoms with E-state index in [1.165, 1.54) is 0 Å². The van der Waals surface area contributed by atoms with Gasteiger partial charge in [-0.2, -0.15) is 0 Å².